The number of urea groups is 1. The highest BCUT2D eigenvalue weighted by Crippen LogP contribution is 2.23. The Kier molecular flexibility index (Phi) is 5.08. The molecule has 0 saturated heterocycles. The lowest BCUT2D eigenvalue weighted by Crippen LogP contribution is -2.52. The molecule has 26 heavy (non-hydrogen) atoms. The maximum absolute atomic E-state index is 13.1. The molecule has 2 aromatic rings. The molecule has 0 fully saturated rings. The second-order valence-electron chi connectivity index (χ2n) is 5.96. The quantitative estimate of drug-likeness (QED) is 0.720. The number of carbonyl (C=O) groups excluding carboxylic acids is 2. The zero-order valence-electron chi connectivity index (χ0n) is 13.9. The fraction of sp³-hybridized carbons (Fsp3) is 0.294. The van der Waals surface area contributed by atoms with Crippen LogP contribution in [0.3, 0.4) is 0 Å². The number of primary amides is 1. The van der Waals surface area contributed by atoms with Gasteiger partial charge in [-0.05, 0) is 35.9 Å². The summed E-state index contributed by atoms with van der Waals surface area (Å²) < 4.78 is 13.1. The predicted octanol–water partition coefficient (Wildman–Crippen LogP) is 0.197. The van der Waals surface area contributed by atoms with Crippen molar-refractivity contribution in [3.8, 4) is 11.3 Å². The Morgan fingerprint density at radius 2 is 2.04 bits per heavy atom. The lowest BCUT2D eigenvalue weighted by atomic mass is 10.0. The van der Waals surface area contributed by atoms with Crippen LogP contribution in [-0.4, -0.2) is 51.3 Å². The number of nitrogens with zero attached hydrogens (tertiary/aromatic N) is 3. The highest BCUT2D eigenvalue weighted by atomic mass is 19.1. The van der Waals surface area contributed by atoms with Gasteiger partial charge in [0.2, 0.25) is 5.91 Å². The van der Waals surface area contributed by atoms with Gasteiger partial charge in [-0.3, -0.25) is 4.79 Å². The standard InChI is InChI=1S/C17H18FN5O3/c18-12-3-1-10(2-4-12)14-7-11-8-23(6-5-13(11)21-22-14)16(25)15(9-24)20-17(19)26/h1-4,7,15,24H,5-6,8-9H2,(H3,19,20,26). The Labute approximate surface area is 148 Å². The molecular weight excluding hydrogens is 341 g/mol. The van der Waals surface area contributed by atoms with Gasteiger partial charge in [0.1, 0.15) is 11.9 Å². The highest BCUT2D eigenvalue weighted by Gasteiger charge is 2.28. The van der Waals surface area contributed by atoms with E-state index >= 15 is 0 Å². The van der Waals surface area contributed by atoms with Crippen LogP contribution >= 0.6 is 0 Å². The van der Waals surface area contributed by atoms with Crippen molar-refractivity contribution >= 4 is 11.9 Å². The third kappa shape index (κ3) is 3.77. The number of aromatic nitrogens is 2. The fourth-order valence-electron chi connectivity index (χ4n) is 2.86. The molecule has 0 radical (unpaired) electrons. The minimum absolute atomic E-state index is 0.273. The van der Waals surface area contributed by atoms with Crippen LogP contribution in [0, 0.1) is 5.82 Å². The molecule has 136 valence electrons. The summed E-state index contributed by atoms with van der Waals surface area (Å²) in [5.74, 6) is -0.759. The van der Waals surface area contributed by atoms with Crippen molar-refractivity contribution in [1.82, 2.24) is 20.4 Å². The molecule has 0 aliphatic carbocycles. The van der Waals surface area contributed by atoms with E-state index < -0.39 is 24.6 Å². The average Bonchev–Trinajstić information content (AvgIpc) is 2.65. The number of fused-ring (bicyclic) bond motifs is 1. The van der Waals surface area contributed by atoms with Gasteiger partial charge in [-0.1, -0.05) is 0 Å². The number of carbonyl (C=O) groups is 2. The topological polar surface area (TPSA) is 121 Å². The normalized spacial score (nSPS) is 14.5. The Bertz CT molecular complexity index is 828. The number of amides is 3. The number of aliphatic hydroxyl groups excluding tert-OH is 1. The van der Waals surface area contributed by atoms with Crippen molar-refractivity contribution in [3.63, 3.8) is 0 Å². The number of hydrogen-bond donors (Lipinski definition) is 3. The summed E-state index contributed by atoms with van der Waals surface area (Å²) in [5.41, 5.74) is 7.92. The number of nitrogens with two attached hydrogens (primary N) is 1. The zero-order valence-corrected chi connectivity index (χ0v) is 13.9. The van der Waals surface area contributed by atoms with Crippen LogP contribution in [0.1, 0.15) is 11.3 Å². The summed E-state index contributed by atoms with van der Waals surface area (Å²) in [7, 11) is 0. The number of hydrogen-bond acceptors (Lipinski definition) is 5. The van der Waals surface area contributed by atoms with Crippen LogP contribution < -0.4 is 11.1 Å². The van der Waals surface area contributed by atoms with Crippen molar-refractivity contribution < 1.29 is 19.1 Å². The monoisotopic (exact) mass is 359 g/mol. The van der Waals surface area contributed by atoms with E-state index in [0.717, 1.165) is 11.3 Å². The van der Waals surface area contributed by atoms with Gasteiger partial charge < -0.3 is 21.1 Å². The van der Waals surface area contributed by atoms with E-state index in [1.165, 1.54) is 17.0 Å². The molecule has 9 heteroatoms. The minimum Gasteiger partial charge on any atom is -0.394 e. The Balaban J connectivity index is 1.80. The second kappa shape index (κ2) is 7.44. The molecule has 1 unspecified atom stereocenters. The molecule has 1 aromatic heterocycles. The molecule has 4 N–H and O–H groups in total. The van der Waals surface area contributed by atoms with Crippen LogP contribution in [0.4, 0.5) is 9.18 Å². The van der Waals surface area contributed by atoms with E-state index in [-0.39, 0.29) is 12.4 Å². The van der Waals surface area contributed by atoms with E-state index in [1.54, 1.807) is 12.1 Å². The largest absolute Gasteiger partial charge is 0.394 e. The number of halogens is 1. The molecule has 0 saturated carbocycles. The van der Waals surface area contributed by atoms with Gasteiger partial charge in [0, 0.05) is 25.1 Å². The minimum atomic E-state index is -1.08. The van der Waals surface area contributed by atoms with Gasteiger partial charge in [-0.25, -0.2) is 9.18 Å². The van der Waals surface area contributed by atoms with Crippen molar-refractivity contribution in [3.05, 3.63) is 47.4 Å². The SMILES string of the molecule is NC(=O)NC(CO)C(=O)N1CCc2nnc(-c3ccc(F)cc3)cc2C1. The van der Waals surface area contributed by atoms with Gasteiger partial charge >= 0.3 is 6.03 Å². The van der Waals surface area contributed by atoms with Crippen molar-refractivity contribution in [2.45, 2.75) is 19.0 Å². The van der Waals surface area contributed by atoms with Gasteiger partial charge in [-0.2, -0.15) is 10.2 Å². The molecule has 8 nitrogen and oxygen atoms in total. The zero-order chi connectivity index (χ0) is 18.7. The van der Waals surface area contributed by atoms with Crippen molar-refractivity contribution in [2.75, 3.05) is 13.2 Å². The Hall–Kier alpha value is -3.07. The van der Waals surface area contributed by atoms with Crippen molar-refractivity contribution in [2.24, 2.45) is 5.73 Å². The van der Waals surface area contributed by atoms with Gasteiger partial charge in [-0.15, -0.1) is 0 Å². The lowest BCUT2D eigenvalue weighted by molar-refractivity contribution is -0.135. The molecular formula is C17H18FN5O3. The maximum Gasteiger partial charge on any atom is 0.312 e. The van der Waals surface area contributed by atoms with Crippen LogP contribution in [0.25, 0.3) is 11.3 Å². The molecule has 3 rings (SSSR count). The maximum atomic E-state index is 13.1. The molecule has 1 aliphatic rings. The van der Waals surface area contributed by atoms with Crippen LogP contribution in [0.15, 0.2) is 30.3 Å². The lowest BCUT2D eigenvalue weighted by Gasteiger charge is -2.30. The van der Waals surface area contributed by atoms with E-state index in [9.17, 15) is 19.1 Å². The van der Waals surface area contributed by atoms with Crippen LogP contribution in [0.5, 0.6) is 0 Å². The van der Waals surface area contributed by atoms with Gasteiger partial charge in [0.15, 0.2) is 0 Å². The first-order chi connectivity index (χ1) is 12.5. The highest BCUT2D eigenvalue weighted by molar-refractivity contribution is 5.86. The van der Waals surface area contributed by atoms with E-state index in [0.29, 0.717) is 24.2 Å². The third-order valence-electron chi connectivity index (χ3n) is 4.19. The Morgan fingerprint density at radius 1 is 1.31 bits per heavy atom. The summed E-state index contributed by atoms with van der Waals surface area (Å²) in [6.45, 7) is 0.128. The first-order valence-electron chi connectivity index (χ1n) is 8.05. The van der Waals surface area contributed by atoms with Crippen LogP contribution in [-0.2, 0) is 17.8 Å². The number of benzene rings is 1. The van der Waals surface area contributed by atoms with E-state index in [2.05, 4.69) is 15.5 Å². The van der Waals surface area contributed by atoms with E-state index in [1.807, 2.05) is 6.07 Å². The Morgan fingerprint density at radius 3 is 2.69 bits per heavy atom. The molecule has 2 heterocycles. The smallest absolute Gasteiger partial charge is 0.312 e. The average molecular weight is 359 g/mol. The first-order valence-corrected chi connectivity index (χ1v) is 8.05. The molecule has 3 amide bonds. The second-order valence-corrected chi connectivity index (χ2v) is 5.96. The number of rotatable bonds is 4. The summed E-state index contributed by atoms with van der Waals surface area (Å²) in [5, 5.41) is 19.9. The third-order valence-corrected chi connectivity index (χ3v) is 4.19. The van der Waals surface area contributed by atoms with Crippen molar-refractivity contribution in [1.29, 1.82) is 0 Å². The first kappa shape index (κ1) is 17.7. The predicted molar refractivity (Wildman–Crippen MR) is 90.1 cm³/mol. The van der Waals surface area contributed by atoms with Gasteiger partial charge in [0.25, 0.3) is 0 Å². The molecule has 1 atom stereocenters. The molecule has 0 spiro atoms. The summed E-state index contributed by atoms with van der Waals surface area (Å²) in [6, 6.07) is 5.75. The van der Waals surface area contributed by atoms with E-state index in [4.69, 9.17) is 5.73 Å². The van der Waals surface area contributed by atoms with Crippen LogP contribution in [0.2, 0.25) is 0 Å². The molecule has 1 aliphatic heterocycles. The number of nitrogens with one attached hydrogen (secondary N) is 1. The summed E-state index contributed by atoms with van der Waals surface area (Å²) in [6.07, 6.45) is 0.506. The molecule has 0 bridgehead atoms. The van der Waals surface area contributed by atoms with Gasteiger partial charge in [0.05, 0.1) is 18.0 Å². The summed E-state index contributed by atoms with van der Waals surface area (Å²) in [4.78, 5) is 25.0. The number of aliphatic hydroxyl groups is 1. The fourth-order valence-corrected chi connectivity index (χ4v) is 2.86. The molecule has 1 aromatic carbocycles. The summed E-state index contributed by atoms with van der Waals surface area (Å²) >= 11 is 0.